The number of carbonyl (C=O) groups is 3. The number of aryl methyl sites for hydroxylation is 2. The van der Waals surface area contributed by atoms with E-state index in [-0.39, 0.29) is 30.1 Å². The second kappa shape index (κ2) is 15.4. The number of halogens is 3. The van der Waals surface area contributed by atoms with Crippen molar-refractivity contribution in [2.45, 2.75) is 50.9 Å². The van der Waals surface area contributed by atoms with Crippen LogP contribution in [-0.2, 0) is 27.8 Å². The Morgan fingerprint density at radius 3 is 2.17 bits per heavy atom. The minimum atomic E-state index is -0.809. The largest absolute Gasteiger partial charge is 0.274 e. The quantitative estimate of drug-likeness (QED) is 0.219. The topological polar surface area (TPSA) is 81.8 Å². The maximum Gasteiger partial charge on any atom is 0.268 e. The Kier molecular flexibility index (Phi) is 12.2. The van der Waals surface area contributed by atoms with E-state index in [1.54, 1.807) is 12.1 Å². The SMILES string of the molecule is CC(=O)NNC(=O)C1(c2ccccc2)CCN(N(C)C(=O)c2ccccc2CCCCc2ccc(Cl)c(Cl)c2)CC1.Cl. The summed E-state index contributed by atoms with van der Waals surface area (Å²) in [4.78, 5) is 38.4. The molecular weight excluding hydrogens is 595 g/mol. The third-order valence-electron chi connectivity index (χ3n) is 7.82. The molecule has 7 nitrogen and oxygen atoms in total. The molecule has 0 saturated carbocycles. The van der Waals surface area contributed by atoms with Gasteiger partial charge in [0.25, 0.3) is 5.91 Å². The molecule has 4 rings (SSSR count). The van der Waals surface area contributed by atoms with Crippen LogP contribution in [0.15, 0.2) is 72.8 Å². The summed E-state index contributed by atoms with van der Waals surface area (Å²) in [5.41, 5.74) is 7.94. The summed E-state index contributed by atoms with van der Waals surface area (Å²) < 4.78 is 0. The first-order chi connectivity index (χ1) is 19.7. The number of hydrogen-bond acceptors (Lipinski definition) is 4. The highest BCUT2D eigenvalue weighted by Gasteiger charge is 2.44. The van der Waals surface area contributed by atoms with E-state index in [1.165, 1.54) is 6.92 Å². The van der Waals surface area contributed by atoms with Gasteiger partial charge in [0.1, 0.15) is 0 Å². The van der Waals surface area contributed by atoms with E-state index in [2.05, 4.69) is 10.9 Å². The molecular formula is C32H37Cl3N4O3. The Bertz CT molecular complexity index is 1380. The average Bonchev–Trinajstić information content (AvgIpc) is 2.99. The number of unbranched alkanes of at least 4 members (excludes halogenated alkanes) is 1. The molecule has 2 N–H and O–H groups in total. The fourth-order valence-electron chi connectivity index (χ4n) is 5.43. The van der Waals surface area contributed by atoms with Gasteiger partial charge in [-0.25, -0.2) is 5.01 Å². The fraction of sp³-hybridized carbons (Fsp3) is 0.344. The van der Waals surface area contributed by atoms with Gasteiger partial charge in [-0.05, 0) is 73.4 Å². The number of nitrogens with zero attached hydrogens (tertiary/aromatic N) is 2. The molecule has 3 amide bonds. The van der Waals surface area contributed by atoms with Crippen molar-refractivity contribution in [3.05, 3.63) is 105 Å². The predicted molar refractivity (Wildman–Crippen MR) is 170 cm³/mol. The van der Waals surface area contributed by atoms with E-state index in [9.17, 15) is 14.4 Å². The number of rotatable bonds is 9. The van der Waals surface area contributed by atoms with Gasteiger partial charge in [-0.15, -0.1) is 12.4 Å². The molecule has 0 aliphatic carbocycles. The van der Waals surface area contributed by atoms with Gasteiger partial charge < -0.3 is 0 Å². The van der Waals surface area contributed by atoms with Crippen LogP contribution in [0, 0.1) is 0 Å². The van der Waals surface area contributed by atoms with E-state index in [1.807, 2.05) is 77.8 Å². The van der Waals surface area contributed by atoms with Crippen molar-refractivity contribution in [3.63, 3.8) is 0 Å². The molecule has 0 spiro atoms. The lowest BCUT2D eigenvalue weighted by Gasteiger charge is -2.43. The van der Waals surface area contributed by atoms with Crippen LogP contribution in [0.1, 0.15) is 59.7 Å². The van der Waals surface area contributed by atoms with Crippen LogP contribution in [-0.4, -0.2) is 47.9 Å². The lowest BCUT2D eigenvalue weighted by Crippen LogP contribution is -2.58. The number of hydrogen-bond donors (Lipinski definition) is 2. The van der Waals surface area contributed by atoms with Crippen LogP contribution in [0.3, 0.4) is 0 Å². The van der Waals surface area contributed by atoms with Crippen molar-refractivity contribution in [1.29, 1.82) is 0 Å². The molecule has 0 bridgehead atoms. The number of hydrazine groups is 2. The first-order valence-electron chi connectivity index (χ1n) is 13.9. The van der Waals surface area contributed by atoms with Gasteiger partial charge in [-0.2, -0.15) is 0 Å². The summed E-state index contributed by atoms with van der Waals surface area (Å²) in [5.74, 6) is -0.656. The molecule has 0 unspecified atom stereocenters. The van der Waals surface area contributed by atoms with Crippen molar-refractivity contribution >= 4 is 53.3 Å². The van der Waals surface area contributed by atoms with Crippen molar-refractivity contribution < 1.29 is 14.4 Å². The smallest absolute Gasteiger partial charge is 0.268 e. The van der Waals surface area contributed by atoms with E-state index < -0.39 is 5.41 Å². The van der Waals surface area contributed by atoms with E-state index in [4.69, 9.17) is 23.2 Å². The molecule has 1 heterocycles. The molecule has 1 aliphatic rings. The van der Waals surface area contributed by atoms with E-state index in [0.717, 1.165) is 42.4 Å². The first-order valence-corrected chi connectivity index (χ1v) is 14.6. The molecule has 42 heavy (non-hydrogen) atoms. The standard InChI is InChI=1S/C32H36Cl2N4O3.ClH/c1-23(39)35-36-31(41)32(26-13-4-3-5-14-26)18-20-38(21-19-32)37(2)30(40)27-15-9-8-12-25(27)11-7-6-10-24-16-17-28(33)29(34)22-24;/h3-5,8-9,12-17,22H,6-7,10-11,18-21H2,1-2H3,(H,35,39)(H,36,41);1H. The predicted octanol–water partition coefficient (Wildman–Crippen LogP) is 6.17. The van der Waals surface area contributed by atoms with Gasteiger partial charge in [0.05, 0.1) is 15.5 Å². The zero-order chi connectivity index (χ0) is 29.4. The number of piperidine rings is 1. The summed E-state index contributed by atoms with van der Waals surface area (Å²) in [6, 6.07) is 23.1. The number of nitrogens with one attached hydrogen (secondary N) is 2. The molecule has 1 aliphatic heterocycles. The summed E-state index contributed by atoms with van der Waals surface area (Å²) in [5, 5.41) is 4.79. The molecule has 10 heteroatoms. The van der Waals surface area contributed by atoms with Crippen LogP contribution < -0.4 is 10.9 Å². The molecule has 3 aromatic rings. The molecule has 224 valence electrons. The number of amides is 3. The van der Waals surface area contributed by atoms with Crippen LogP contribution in [0.5, 0.6) is 0 Å². The zero-order valence-electron chi connectivity index (χ0n) is 23.9. The monoisotopic (exact) mass is 630 g/mol. The number of carbonyl (C=O) groups excluding carboxylic acids is 3. The van der Waals surface area contributed by atoms with Gasteiger partial charge in [-0.1, -0.05) is 77.8 Å². The highest BCUT2D eigenvalue weighted by molar-refractivity contribution is 6.42. The van der Waals surface area contributed by atoms with Crippen molar-refractivity contribution in [1.82, 2.24) is 20.9 Å². The molecule has 1 saturated heterocycles. The van der Waals surface area contributed by atoms with E-state index in [0.29, 0.717) is 41.5 Å². The molecule has 0 radical (unpaired) electrons. The van der Waals surface area contributed by atoms with Gasteiger partial charge in [0.2, 0.25) is 11.8 Å². The highest BCUT2D eigenvalue weighted by Crippen LogP contribution is 2.36. The lowest BCUT2D eigenvalue weighted by molar-refractivity contribution is -0.134. The second-order valence-corrected chi connectivity index (χ2v) is 11.3. The Labute approximate surface area is 263 Å². The van der Waals surface area contributed by atoms with Gasteiger partial charge in [-0.3, -0.25) is 30.2 Å². The second-order valence-electron chi connectivity index (χ2n) is 10.5. The Morgan fingerprint density at radius 2 is 1.50 bits per heavy atom. The first kappa shape index (κ1) is 33.4. The maximum absolute atomic E-state index is 13.7. The third kappa shape index (κ3) is 8.04. The molecule has 0 aromatic heterocycles. The normalized spacial score (nSPS) is 14.4. The minimum absolute atomic E-state index is 0. The number of benzene rings is 3. The van der Waals surface area contributed by atoms with Gasteiger partial charge in [0, 0.05) is 32.6 Å². The summed E-state index contributed by atoms with van der Waals surface area (Å²) >= 11 is 12.2. The highest BCUT2D eigenvalue weighted by atomic mass is 35.5. The Balaban J connectivity index is 0.00000484. The van der Waals surface area contributed by atoms with Crippen LogP contribution in [0.25, 0.3) is 0 Å². The maximum atomic E-state index is 13.7. The van der Waals surface area contributed by atoms with Crippen molar-refractivity contribution in [2.75, 3.05) is 20.1 Å². The fourth-order valence-corrected chi connectivity index (χ4v) is 5.76. The molecule has 1 fully saturated rings. The van der Waals surface area contributed by atoms with Crippen molar-refractivity contribution in [3.8, 4) is 0 Å². The zero-order valence-corrected chi connectivity index (χ0v) is 26.2. The van der Waals surface area contributed by atoms with Gasteiger partial charge >= 0.3 is 0 Å². The van der Waals surface area contributed by atoms with Crippen LogP contribution >= 0.6 is 35.6 Å². The Hall–Kier alpha value is -3.10. The summed E-state index contributed by atoms with van der Waals surface area (Å²) in [6.45, 7) is 2.37. The Morgan fingerprint density at radius 1 is 0.857 bits per heavy atom. The summed E-state index contributed by atoms with van der Waals surface area (Å²) in [6.07, 6.45) is 4.56. The van der Waals surface area contributed by atoms with Crippen molar-refractivity contribution in [2.24, 2.45) is 0 Å². The third-order valence-corrected chi connectivity index (χ3v) is 8.56. The average molecular weight is 632 g/mol. The van der Waals surface area contributed by atoms with Gasteiger partial charge in [0.15, 0.2) is 0 Å². The summed E-state index contributed by atoms with van der Waals surface area (Å²) in [7, 11) is 1.79. The van der Waals surface area contributed by atoms with Crippen LogP contribution in [0.4, 0.5) is 0 Å². The minimum Gasteiger partial charge on any atom is -0.274 e. The molecule has 3 aromatic carbocycles. The lowest BCUT2D eigenvalue weighted by atomic mass is 9.72. The van der Waals surface area contributed by atoms with Crippen LogP contribution in [0.2, 0.25) is 10.0 Å². The van der Waals surface area contributed by atoms with E-state index >= 15 is 0 Å². The molecule has 0 atom stereocenters.